The fourth-order valence-corrected chi connectivity index (χ4v) is 3.85. The number of anilines is 1. The standard InChI is InChI=1S/C21H22FN5O3/c22-15-1-3-17(4-2-15)29-13-18-12-27(20(28)14-30-18)16-5-9-26(10-6-16)21-19(11-23)24-7-8-25-21/h1-4,7-8,16,18H,5-6,9-10,12-14H2. The van der Waals surface area contributed by atoms with Gasteiger partial charge in [-0.3, -0.25) is 4.79 Å². The van der Waals surface area contributed by atoms with Gasteiger partial charge in [0.2, 0.25) is 5.91 Å². The molecule has 0 aliphatic carbocycles. The van der Waals surface area contributed by atoms with E-state index >= 15 is 0 Å². The SMILES string of the molecule is N#Cc1nccnc1N1CCC(N2CC(COc3ccc(F)cc3)OCC2=O)CC1. The van der Waals surface area contributed by atoms with E-state index in [0.29, 0.717) is 43.5 Å². The van der Waals surface area contributed by atoms with Crippen molar-refractivity contribution in [2.75, 3.05) is 37.7 Å². The van der Waals surface area contributed by atoms with E-state index in [0.717, 1.165) is 12.8 Å². The molecule has 2 aliphatic heterocycles. The molecule has 2 aromatic rings. The van der Waals surface area contributed by atoms with Gasteiger partial charge in [-0.05, 0) is 37.1 Å². The van der Waals surface area contributed by atoms with Gasteiger partial charge < -0.3 is 19.3 Å². The van der Waals surface area contributed by atoms with Gasteiger partial charge in [-0.15, -0.1) is 0 Å². The maximum absolute atomic E-state index is 13.0. The van der Waals surface area contributed by atoms with Crippen molar-refractivity contribution in [3.8, 4) is 11.8 Å². The van der Waals surface area contributed by atoms with E-state index < -0.39 is 0 Å². The average molecular weight is 411 g/mol. The van der Waals surface area contributed by atoms with Crippen molar-refractivity contribution < 1.29 is 18.7 Å². The molecule has 2 fully saturated rings. The molecule has 1 unspecified atom stereocenters. The predicted molar refractivity (Wildman–Crippen MR) is 105 cm³/mol. The highest BCUT2D eigenvalue weighted by molar-refractivity contribution is 5.78. The number of benzene rings is 1. The highest BCUT2D eigenvalue weighted by Crippen LogP contribution is 2.24. The molecule has 4 rings (SSSR count). The van der Waals surface area contributed by atoms with Crippen LogP contribution in [0.5, 0.6) is 5.75 Å². The number of halogens is 1. The van der Waals surface area contributed by atoms with Gasteiger partial charge in [0.05, 0.1) is 6.54 Å². The Kier molecular flexibility index (Phi) is 6.05. The number of carbonyl (C=O) groups is 1. The summed E-state index contributed by atoms with van der Waals surface area (Å²) in [6.07, 6.45) is 4.41. The fourth-order valence-electron chi connectivity index (χ4n) is 3.85. The molecule has 1 atom stereocenters. The van der Waals surface area contributed by atoms with E-state index in [1.165, 1.54) is 18.3 Å². The zero-order chi connectivity index (χ0) is 20.9. The van der Waals surface area contributed by atoms with Crippen LogP contribution in [0.2, 0.25) is 0 Å². The molecule has 1 amide bonds. The maximum atomic E-state index is 13.0. The third-order valence-electron chi connectivity index (χ3n) is 5.40. The molecule has 8 nitrogen and oxygen atoms in total. The molecule has 30 heavy (non-hydrogen) atoms. The summed E-state index contributed by atoms with van der Waals surface area (Å²) in [4.78, 5) is 24.7. The number of morpholine rings is 1. The van der Waals surface area contributed by atoms with Crippen LogP contribution in [0.3, 0.4) is 0 Å². The van der Waals surface area contributed by atoms with E-state index in [4.69, 9.17) is 9.47 Å². The fraction of sp³-hybridized carbons (Fsp3) is 0.429. The largest absolute Gasteiger partial charge is 0.491 e. The Bertz CT molecular complexity index is 925. The Balaban J connectivity index is 1.32. The number of amides is 1. The molecule has 1 aromatic heterocycles. The van der Waals surface area contributed by atoms with Crippen LogP contribution in [0, 0.1) is 17.1 Å². The molecule has 0 radical (unpaired) electrons. The smallest absolute Gasteiger partial charge is 0.248 e. The number of hydrogen-bond acceptors (Lipinski definition) is 7. The van der Waals surface area contributed by atoms with Crippen molar-refractivity contribution in [1.29, 1.82) is 5.26 Å². The van der Waals surface area contributed by atoms with Crippen LogP contribution in [0.15, 0.2) is 36.7 Å². The monoisotopic (exact) mass is 411 g/mol. The van der Waals surface area contributed by atoms with Crippen LogP contribution in [-0.4, -0.2) is 65.8 Å². The number of nitriles is 1. The van der Waals surface area contributed by atoms with Crippen molar-refractivity contribution in [2.45, 2.75) is 25.0 Å². The molecule has 0 bridgehead atoms. The first-order chi connectivity index (χ1) is 14.6. The van der Waals surface area contributed by atoms with Gasteiger partial charge in [-0.2, -0.15) is 5.26 Å². The van der Waals surface area contributed by atoms with Crippen LogP contribution < -0.4 is 9.64 Å². The first kappa shape index (κ1) is 20.0. The first-order valence-electron chi connectivity index (χ1n) is 9.89. The van der Waals surface area contributed by atoms with Crippen molar-refractivity contribution in [3.63, 3.8) is 0 Å². The summed E-state index contributed by atoms with van der Waals surface area (Å²) in [5.74, 6) is 0.817. The van der Waals surface area contributed by atoms with Gasteiger partial charge in [-0.1, -0.05) is 0 Å². The second-order valence-electron chi connectivity index (χ2n) is 7.30. The molecule has 2 aliphatic rings. The van der Waals surface area contributed by atoms with Gasteiger partial charge in [-0.25, -0.2) is 14.4 Å². The van der Waals surface area contributed by atoms with Crippen molar-refractivity contribution in [1.82, 2.24) is 14.9 Å². The molecule has 1 aromatic carbocycles. The van der Waals surface area contributed by atoms with Crippen LogP contribution in [0.25, 0.3) is 0 Å². The molecular weight excluding hydrogens is 389 g/mol. The topological polar surface area (TPSA) is 91.6 Å². The van der Waals surface area contributed by atoms with Crippen LogP contribution >= 0.6 is 0 Å². The maximum Gasteiger partial charge on any atom is 0.248 e. The Hall–Kier alpha value is -3.25. The quantitative estimate of drug-likeness (QED) is 0.740. The van der Waals surface area contributed by atoms with Crippen molar-refractivity contribution >= 4 is 11.7 Å². The summed E-state index contributed by atoms with van der Waals surface area (Å²) in [7, 11) is 0. The summed E-state index contributed by atoms with van der Waals surface area (Å²) in [6.45, 7) is 2.16. The van der Waals surface area contributed by atoms with Crippen molar-refractivity contribution in [2.24, 2.45) is 0 Å². The van der Waals surface area contributed by atoms with Crippen LogP contribution in [0.1, 0.15) is 18.5 Å². The normalized spacial score (nSPS) is 20.1. The Labute approximate surface area is 173 Å². The van der Waals surface area contributed by atoms with Gasteiger partial charge in [0.15, 0.2) is 11.5 Å². The summed E-state index contributed by atoms with van der Waals surface area (Å²) in [5.41, 5.74) is 0.316. The first-order valence-corrected chi connectivity index (χ1v) is 9.89. The number of carbonyl (C=O) groups excluding carboxylic acids is 1. The summed E-state index contributed by atoms with van der Waals surface area (Å²) >= 11 is 0. The van der Waals surface area contributed by atoms with Crippen molar-refractivity contribution in [3.05, 3.63) is 48.2 Å². The Morgan fingerprint density at radius 2 is 1.93 bits per heavy atom. The molecule has 156 valence electrons. The van der Waals surface area contributed by atoms with Crippen LogP contribution in [-0.2, 0) is 9.53 Å². The number of nitrogens with zero attached hydrogens (tertiary/aromatic N) is 5. The zero-order valence-corrected chi connectivity index (χ0v) is 16.4. The Morgan fingerprint density at radius 1 is 1.20 bits per heavy atom. The van der Waals surface area contributed by atoms with E-state index in [9.17, 15) is 14.4 Å². The van der Waals surface area contributed by atoms with E-state index in [2.05, 4.69) is 16.0 Å². The number of rotatable bonds is 5. The lowest BCUT2D eigenvalue weighted by Crippen LogP contribution is -2.55. The van der Waals surface area contributed by atoms with Gasteiger partial charge in [0, 0.05) is 31.5 Å². The van der Waals surface area contributed by atoms with Gasteiger partial charge in [0.25, 0.3) is 0 Å². The summed E-state index contributed by atoms with van der Waals surface area (Å²) in [6, 6.07) is 8.01. The minimum absolute atomic E-state index is 0.0244. The van der Waals surface area contributed by atoms with E-state index in [1.54, 1.807) is 18.3 Å². The third-order valence-corrected chi connectivity index (χ3v) is 5.40. The highest BCUT2D eigenvalue weighted by Gasteiger charge is 2.34. The third kappa shape index (κ3) is 4.49. The number of hydrogen-bond donors (Lipinski definition) is 0. The zero-order valence-electron chi connectivity index (χ0n) is 16.4. The number of piperidine rings is 1. The predicted octanol–water partition coefficient (Wildman–Crippen LogP) is 1.76. The lowest BCUT2D eigenvalue weighted by Gasteiger charge is -2.42. The number of aromatic nitrogens is 2. The summed E-state index contributed by atoms with van der Waals surface area (Å²) < 4.78 is 24.3. The second kappa shape index (κ2) is 9.05. The van der Waals surface area contributed by atoms with E-state index in [1.807, 2.05) is 9.80 Å². The van der Waals surface area contributed by atoms with E-state index in [-0.39, 0.29) is 30.5 Å². The molecule has 9 heteroatoms. The minimum atomic E-state index is -0.317. The van der Waals surface area contributed by atoms with Gasteiger partial charge >= 0.3 is 0 Å². The highest BCUT2D eigenvalue weighted by atomic mass is 19.1. The van der Waals surface area contributed by atoms with Crippen LogP contribution in [0.4, 0.5) is 10.2 Å². The number of ether oxygens (including phenoxy) is 2. The van der Waals surface area contributed by atoms with Gasteiger partial charge in [0.1, 0.15) is 37.0 Å². The average Bonchev–Trinajstić information content (AvgIpc) is 2.80. The second-order valence-corrected chi connectivity index (χ2v) is 7.30. The molecular formula is C21H22FN5O3. The summed E-state index contributed by atoms with van der Waals surface area (Å²) in [5, 5.41) is 9.24. The lowest BCUT2D eigenvalue weighted by molar-refractivity contribution is -0.154. The Morgan fingerprint density at radius 3 is 2.67 bits per heavy atom. The molecule has 3 heterocycles. The minimum Gasteiger partial charge on any atom is -0.491 e. The molecule has 2 saturated heterocycles. The lowest BCUT2D eigenvalue weighted by atomic mass is 10.0. The molecule has 0 spiro atoms. The molecule has 0 N–H and O–H groups in total. The molecule has 0 saturated carbocycles.